The Hall–Kier alpha value is -5.23. The molecule has 0 atom stereocenters. The lowest BCUT2D eigenvalue weighted by Gasteiger charge is -2.14. The van der Waals surface area contributed by atoms with Crippen LogP contribution in [0.3, 0.4) is 0 Å². The van der Waals surface area contributed by atoms with Gasteiger partial charge in [0.15, 0.2) is 11.5 Å². The first-order chi connectivity index (χ1) is 18.0. The summed E-state index contributed by atoms with van der Waals surface area (Å²) in [6.45, 7) is -0.425. The Morgan fingerprint density at radius 3 is 2.27 bits per heavy atom. The fourth-order valence-corrected chi connectivity index (χ4v) is 3.75. The van der Waals surface area contributed by atoms with Crippen LogP contribution in [-0.4, -0.2) is 36.1 Å². The Morgan fingerprint density at radius 1 is 1.00 bits per heavy atom. The number of carbonyl (C=O) groups excluding carboxylic acids is 1. The molecule has 9 heteroatoms. The lowest BCUT2D eigenvalue weighted by molar-refractivity contribution is -0.121. The first kappa shape index (κ1) is 24.9. The fraction of sp³-hybridized carbons (Fsp3) is 0.107. The number of nitriles is 1. The SMILES string of the molecule is COc1ccc(/C=N/NC(=O)Cn2nc(-c3ccccc3)c(-c3ccccc3)c(C#N)c2=O)cc1OC. The van der Waals surface area contributed by atoms with Crippen molar-refractivity contribution in [3.05, 3.63) is 100 Å². The van der Waals surface area contributed by atoms with Crippen molar-refractivity contribution in [2.75, 3.05) is 14.2 Å². The number of ether oxygens (including phenoxy) is 2. The molecule has 1 N–H and O–H groups in total. The Bertz CT molecular complexity index is 1540. The molecule has 9 nitrogen and oxygen atoms in total. The predicted octanol–water partition coefficient (Wildman–Crippen LogP) is 3.62. The van der Waals surface area contributed by atoms with Gasteiger partial charge in [-0.15, -0.1) is 0 Å². The highest BCUT2D eigenvalue weighted by Gasteiger charge is 2.21. The number of amides is 1. The van der Waals surface area contributed by atoms with Gasteiger partial charge in [0.1, 0.15) is 23.9 Å². The molecule has 0 saturated carbocycles. The lowest BCUT2D eigenvalue weighted by atomic mass is 9.96. The van der Waals surface area contributed by atoms with Gasteiger partial charge >= 0.3 is 0 Å². The molecule has 0 unspecified atom stereocenters. The van der Waals surface area contributed by atoms with Crippen LogP contribution in [-0.2, 0) is 11.3 Å². The minimum absolute atomic E-state index is 0.0957. The van der Waals surface area contributed by atoms with E-state index < -0.39 is 18.0 Å². The van der Waals surface area contributed by atoms with Crippen LogP contribution in [0.4, 0.5) is 0 Å². The second-order valence-corrected chi connectivity index (χ2v) is 7.81. The van der Waals surface area contributed by atoms with E-state index >= 15 is 0 Å². The molecule has 37 heavy (non-hydrogen) atoms. The molecule has 0 spiro atoms. The van der Waals surface area contributed by atoms with Gasteiger partial charge in [0.2, 0.25) is 0 Å². The largest absolute Gasteiger partial charge is 0.493 e. The standard InChI is InChI=1S/C28H23N5O4/c1-36-23-14-13-19(15-24(23)37-2)17-30-31-25(34)18-33-28(35)22(16-29)26(20-9-5-3-6-10-20)27(32-33)21-11-7-4-8-12-21/h3-15,17H,18H2,1-2H3,(H,31,34)/b30-17+. The summed E-state index contributed by atoms with van der Waals surface area (Å²) in [4.78, 5) is 25.8. The zero-order valence-corrected chi connectivity index (χ0v) is 20.2. The van der Waals surface area contributed by atoms with Gasteiger partial charge in [-0.05, 0) is 29.3 Å². The molecule has 0 bridgehead atoms. The summed E-state index contributed by atoms with van der Waals surface area (Å²) in [6, 6.07) is 25.5. The molecule has 0 radical (unpaired) electrons. The monoisotopic (exact) mass is 493 g/mol. The third-order valence-corrected chi connectivity index (χ3v) is 5.48. The minimum Gasteiger partial charge on any atom is -0.493 e. The second kappa shape index (κ2) is 11.5. The topological polar surface area (TPSA) is 119 Å². The van der Waals surface area contributed by atoms with Crippen LogP contribution in [0, 0.1) is 11.3 Å². The Labute approximate surface area is 213 Å². The summed E-state index contributed by atoms with van der Waals surface area (Å²) in [5, 5.41) is 18.3. The van der Waals surface area contributed by atoms with Crippen molar-refractivity contribution in [1.82, 2.24) is 15.2 Å². The van der Waals surface area contributed by atoms with Crippen LogP contribution in [0.5, 0.6) is 11.5 Å². The number of aromatic nitrogens is 2. The van der Waals surface area contributed by atoms with E-state index in [4.69, 9.17) is 9.47 Å². The first-order valence-electron chi connectivity index (χ1n) is 11.3. The fourth-order valence-electron chi connectivity index (χ4n) is 3.75. The zero-order valence-electron chi connectivity index (χ0n) is 20.2. The van der Waals surface area contributed by atoms with Crippen molar-refractivity contribution in [2.45, 2.75) is 6.54 Å². The number of nitrogens with one attached hydrogen (secondary N) is 1. The number of hydrazone groups is 1. The molecular formula is C28H23N5O4. The molecule has 0 aliphatic heterocycles. The second-order valence-electron chi connectivity index (χ2n) is 7.81. The average molecular weight is 494 g/mol. The van der Waals surface area contributed by atoms with E-state index in [0.29, 0.717) is 39.4 Å². The maximum Gasteiger partial charge on any atom is 0.285 e. The molecule has 0 aliphatic rings. The number of hydrogen-bond acceptors (Lipinski definition) is 7. The van der Waals surface area contributed by atoms with Crippen LogP contribution in [0.2, 0.25) is 0 Å². The van der Waals surface area contributed by atoms with Crippen molar-refractivity contribution >= 4 is 12.1 Å². The molecule has 3 aromatic carbocycles. The van der Waals surface area contributed by atoms with Crippen molar-refractivity contribution in [2.24, 2.45) is 5.10 Å². The zero-order chi connectivity index (χ0) is 26.2. The van der Waals surface area contributed by atoms with E-state index in [9.17, 15) is 14.9 Å². The maximum absolute atomic E-state index is 13.2. The van der Waals surface area contributed by atoms with Crippen LogP contribution in [0.25, 0.3) is 22.4 Å². The van der Waals surface area contributed by atoms with E-state index in [1.165, 1.54) is 20.4 Å². The number of benzene rings is 3. The molecule has 0 saturated heterocycles. The van der Waals surface area contributed by atoms with Gasteiger partial charge in [0.25, 0.3) is 11.5 Å². The normalized spacial score (nSPS) is 10.6. The summed E-state index contributed by atoms with van der Waals surface area (Å²) in [5.74, 6) is 0.502. The molecule has 4 rings (SSSR count). The predicted molar refractivity (Wildman–Crippen MR) is 139 cm³/mol. The highest BCUT2D eigenvalue weighted by Crippen LogP contribution is 2.31. The highest BCUT2D eigenvalue weighted by atomic mass is 16.5. The van der Waals surface area contributed by atoms with Gasteiger partial charge in [0, 0.05) is 11.1 Å². The van der Waals surface area contributed by atoms with Gasteiger partial charge in [0.05, 0.1) is 20.4 Å². The highest BCUT2D eigenvalue weighted by molar-refractivity contribution is 5.85. The molecule has 0 fully saturated rings. The van der Waals surface area contributed by atoms with Crippen LogP contribution in [0.15, 0.2) is 88.8 Å². The Kier molecular flexibility index (Phi) is 7.71. The van der Waals surface area contributed by atoms with Crippen molar-refractivity contribution in [3.63, 3.8) is 0 Å². The first-order valence-corrected chi connectivity index (χ1v) is 11.3. The Balaban J connectivity index is 1.65. The molecular weight excluding hydrogens is 470 g/mol. The summed E-state index contributed by atoms with van der Waals surface area (Å²) in [6.07, 6.45) is 1.44. The van der Waals surface area contributed by atoms with Gasteiger partial charge in [-0.3, -0.25) is 9.59 Å². The van der Waals surface area contributed by atoms with Crippen LogP contribution < -0.4 is 20.5 Å². The quantitative estimate of drug-likeness (QED) is 0.296. The van der Waals surface area contributed by atoms with Crippen LogP contribution >= 0.6 is 0 Å². The van der Waals surface area contributed by atoms with E-state index in [-0.39, 0.29) is 5.56 Å². The van der Waals surface area contributed by atoms with E-state index in [2.05, 4.69) is 15.6 Å². The summed E-state index contributed by atoms with van der Waals surface area (Å²) < 4.78 is 11.4. The smallest absolute Gasteiger partial charge is 0.285 e. The third kappa shape index (κ3) is 5.55. The van der Waals surface area contributed by atoms with Gasteiger partial charge in [-0.25, -0.2) is 10.1 Å². The van der Waals surface area contributed by atoms with Gasteiger partial charge < -0.3 is 9.47 Å². The molecule has 4 aromatic rings. The molecule has 1 aromatic heterocycles. The number of hydrogen-bond donors (Lipinski definition) is 1. The van der Waals surface area contributed by atoms with Crippen LogP contribution in [0.1, 0.15) is 11.1 Å². The van der Waals surface area contributed by atoms with E-state index in [0.717, 1.165) is 4.68 Å². The molecule has 184 valence electrons. The lowest BCUT2D eigenvalue weighted by Crippen LogP contribution is -2.33. The average Bonchev–Trinajstić information content (AvgIpc) is 2.94. The third-order valence-electron chi connectivity index (χ3n) is 5.48. The molecule has 0 aliphatic carbocycles. The number of carbonyl (C=O) groups is 1. The number of rotatable bonds is 8. The van der Waals surface area contributed by atoms with Gasteiger partial charge in [-0.2, -0.15) is 15.5 Å². The number of nitrogens with zero attached hydrogens (tertiary/aromatic N) is 4. The summed E-state index contributed by atoms with van der Waals surface area (Å²) >= 11 is 0. The van der Waals surface area contributed by atoms with Crippen molar-refractivity contribution < 1.29 is 14.3 Å². The van der Waals surface area contributed by atoms with Crippen molar-refractivity contribution in [3.8, 4) is 40.0 Å². The molecule has 1 heterocycles. The molecule has 1 amide bonds. The van der Waals surface area contributed by atoms with Gasteiger partial charge in [-0.1, -0.05) is 60.7 Å². The Morgan fingerprint density at radius 2 is 1.65 bits per heavy atom. The minimum atomic E-state index is -0.667. The summed E-state index contributed by atoms with van der Waals surface area (Å²) in [5.41, 5.74) is 4.52. The van der Waals surface area contributed by atoms with E-state index in [1.807, 2.05) is 66.7 Å². The van der Waals surface area contributed by atoms with Crippen molar-refractivity contribution in [1.29, 1.82) is 5.26 Å². The maximum atomic E-state index is 13.2. The number of methoxy groups -OCH3 is 2. The van der Waals surface area contributed by atoms with E-state index in [1.54, 1.807) is 18.2 Å². The summed E-state index contributed by atoms with van der Waals surface area (Å²) in [7, 11) is 3.06.